The van der Waals surface area contributed by atoms with Crippen LogP contribution in [0.25, 0.3) is 0 Å². The van der Waals surface area contributed by atoms with Gasteiger partial charge in [-0.25, -0.2) is 0 Å². The van der Waals surface area contributed by atoms with Crippen LogP contribution in [0.15, 0.2) is 30.5 Å². The molecule has 3 nitrogen and oxygen atoms in total. The molecule has 2 atom stereocenters. The monoisotopic (exact) mass is 289 g/mol. The molecule has 0 saturated carbocycles. The van der Waals surface area contributed by atoms with Gasteiger partial charge in [0, 0.05) is 30.2 Å². The molecular formula is C16H20ClN3. The molecule has 0 amide bonds. The fourth-order valence-electron chi connectivity index (χ4n) is 3.20. The van der Waals surface area contributed by atoms with Crippen LogP contribution in [0.1, 0.15) is 35.1 Å². The second-order valence-electron chi connectivity index (χ2n) is 5.57. The van der Waals surface area contributed by atoms with Crippen LogP contribution in [0.2, 0.25) is 5.02 Å². The van der Waals surface area contributed by atoms with E-state index in [2.05, 4.69) is 29.5 Å². The van der Waals surface area contributed by atoms with Crippen LogP contribution in [-0.2, 0) is 7.05 Å². The molecular weight excluding hydrogens is 270 g/mol. The maximum Gasteiger partial charge on any atom is 0.0527 e. The van der Waals surface area contributed by atoms with Gasteiger partial charge in [0.2, 0.25) is 0 Å². The average molecular weight is 290 g/mol. The van der Waals surface area contributed by atoms with Crippen molar-refractivity contribution in [1.82, 2.24) is 15.1 Å². The van der Waals surface area contributed by atoms with Crippen molar-refractivity contribution in [3.05, 3.63) is 52.3 Å². The Morgan fingerprint density at radius 2 is 2.20 bits per heavy atom. The number of benzene rings is 1. The molecule has 0 bridgehead atoms. The minimum Gasteiger partial charge on any atom is -0.316 e. The van der Waals surface area contributed by atoms with Crippen molar-refractivity contribution in [2.24, 2.45) is 7.05 Å². The molecule has 1 N–H and O–H groups in total. The van der Waals surface area contributed by atoms with Gasteiger partial charge in [0.25, 0.3) is 0 Å². The lowest BCUT2D eigenvalue weighted by molar-refractivity contribution is 0.403. The Labute approximate surface area is 124 Å². The molecule has 1 aromatic carbocycles. The normalized spacial score (nSPS) is 22.9. The van der Waals surface area contributed by atoms with E-state index in [0.29, 0.717) is 11.8 Å². The van der Waals surface area contributed by atoms with Crippen LogP contribution in [0.3, 0.4) is 0 Å². The average Bonchev–Trinajstić information content (AvgIpc) is 2.79. The first-order valence-corrected chi connectivity index (χ1v) is 7.49. The van der Waals surface area contributed by atoms with Gasteiger partial charge in [0.05, 0.1) is 6.20 Å². The van der Waals surface area contributed by atoms with Gasteiger partial charge < -0.3 is 5.32 Å². The van der Waals surface area contributed by atoms with Gasteiger partial charge in [0.15, 0.2) is 0 Å². The Balaban J connectivity index is 1.97. The second kappa shape index (κ2) is 5.58. The van der Waals surface area contributed by atoms with Gasteiger partial charge in [-0.2, -0.15) is 5.10 Å². The van der Waals surface area contributed by atoms with Crippen molar-refractivity contribution in [3.63, 3.8) is 0 Å². The molecule has 0 radical (unpaired) electrons. The minimum absolute atomic E-state index is 0.463. The molecule has 4 heteroatoms. The molecule has 1 aromatic heterocycles. The highest BCUT2D eigenvalue weighted by Crippen LogP contribution is 2.38. The lowest BCUT2D eigenvalue weighted by Crippen LogP contribution is -2.34. The summed E-state index contributed by atoms with van der Waals surface area (Å²) >= 11 is 6.16. The maximum absolute atomic E-state index is 6.16. The van der Waals surface area contributed by atoms with Gasteiger partial charge in [-0.15, -0.1) is 0 Å². The van der Waals surface area contributed by atoms with E-state index in [1.807, 2.05) is 30.1 Å². The number of hydrogen-bond donors (Lipinski definition) is 1. The van der Waals surface area contributed by atoms with E-state index in [9.17, 15) is 0 Å². The van der Waals surface area contributed by atoms with Crippen molar-refractivity contribution in [3.8, 4) is 0 Å². The van der Waals surface area contributed by atoms with Crippen molar-refractivity contribution < 1.29 is 0 Å². The van der Waals surface area contributed by atoms with Crippen molar-refractivity contribution >= 4 is 11.6 Å². The lowest BCUT2D eigenvalue weighted by atomic mass is 9.77. The summed E-state index contributed by atoms with van der Waals surface area (Å²) in [5.41, 5.74) is 3.96. The van der Waals surface area contributed by atoms with Crippen molar-refractivity contribution in [1.29, 1.82) is 0 Å². The number of rotatable bonds is 2. The molecule has 0 aliphatic carbocycles. The summed E-state index contributed by atoms with van der Waals surface area (Å²) in [4.78, 5) is 0. The first kappa shape index (κ1) is 13.7. The third-order valence-corrected chi connectivity index (χ3v) is 4.67. The first-order valence-electron chi connectivity index (χ1n) is 7.11. The van der Waals surface area contributed by atoms with Gasteiger partial charge in [-0.05, 0) is 49.1 Å². The molecule has 2 aromatic rings. The zero-order valence-corrected chi connectivity index (χ0v) is 12.7. The molecule has 0 spiro atoms. The van der Waals surface area contributed by atoms with Crippen LogP contribution in [-0.4, -0.2) is 22.9 Å². The van der Waals surface area contributed by atoms with Crippen LogP contribution in [0, 0.1) is 6.92 Å². The quantitative estimate of drug-likeness (QED) is 0.920. The molecule has 1 aliphatic rings. The van der Waals surface area contributed by atoms with E-state index in [-0.39, 0.29) is 0 Å². The minimum atomic E-state index is 0.463. The van der Waals surface area contributed by atoms with Crippen LogP contribution in [0.4, 0.5) is 0 Å². The zero-order valence-electron chi connectivity index (χ0n) is 11.9. The summed E-state index contributed by atoms with van der Waals surface area (Å²) in [6.07, 6.45) is 3.17. The first-order chi connectivity index (χ1) is 9.66. The fourth-order valence-corrected chi connectivity index (χ4v) is 3.40. The Morgan fingerprint density at radius 1 is 1.35 bits per heavy atom. The van der Waals surface area contributed by atoms with Crippen molar-refractivity contribution in [2.45, 2.75) is 25.2 Å². The molecule has 1 aliphatic heterocycles. The van der Waals surface area contributed by atoms with E-state index in [1.54, 1.807) is 0 Å². The maximum atomic E-state index is 6.16. The van der Waals surface area contributed by atoms with Crippen molar-refractivity contribution in [2.75, 3.05) is 13.1 Å². The smallest absolute Gasteiger partial charge is 0.0527 e. The third kappa shape index (κ3) is 2.48. The van der Waals surface area contributed by atoms with E-state index in [1.165, 1.54) is 16.8 Å². The van der Waals surface area contributed by atoms with Crippen LogP contribution >= 0.6 is 11.6 Å². The SMILES string of the molecule is Cc1c(C2CCNCC2c2cccc(Cl)c2)cnn1C. The Hall–Kier alpha value is -1.32. The third-order valence-electron chi connectivity index (χ3n) is 4.43. The van der Waals surface area contributed by atoms with E-state index in [0.717, 1.165) is 24.5 Å². The number of piperidine rings is 1. The summed E-state index contributed by atoms with van der Waals surface area (Å²) < 4.78 is 1.96. The molecule has 1 fully saturated rings. The number of hydrogen-bond acceptors (Lipinski definition) is 2. The number of aryl methyl sites for hydroxylation is 1. The van der Waals surface area contributed by atoms with Crippen LogP contribution < -0.4 is 5.32 Å². The largest absolute Gasteiger partial charge is 0.316 e. The zero-order chi connectivity index (χ0) is 14.1. The number of nitrogens with one attached hydrogen (secondary N) is 1. The molecule has 2 heterocycles. The van der Waals surface area contributed by atoms with Gasteiger partial charge >= 0.3 is 0 Å². The topological polar surface area (TPSA) is 29.9 Å². The molecule has 20 heavy (non-hydrogen) atoms. The molecule has 106 valence electrons. The predicted molar refractivity (Wildman–Crippen MR) is 82.4 cm³/mol. The Kier molecular flexibility index (Phi) is 3.81. The Bertz CT molecular complexity index is 606. The highest BCUT2D eigenvalue weighted by atomic mass is 35.5. The number of nitrogens with zero attached hydrogens (tertiary/aromatic N) is 2. The molecule has 1 saturated heterocycles. The summed E-state index contributed by atoms with van der Waals surface area (Å²) in [7, 11) is 2.01. The highest BCUT2D eigenvalue weighted by Gasteiger charge is 2.30. The summed E-state index contributed by atoms with van der Waals surface area (Å²) in [5, 5.41) is 8.73. The molecule has 3 rings (SSSR count). The fraction of sp³-hybridized carbons (Fsp3) is 0.438. The molecule has 2 unspecified atom stereocenters. The highest BCUT2D eigenvalue weighted by molar-refractivity contribution is 6.30. The number of aromatic nitrogens is 2. The van der Waals surface area contributed by atoms with Gasteiger partial charge in [-0.1, -0.05) is 23.7 Å². The van der Waals surface area contributed by atoms with E-state index in [4.69, 9.17) is 11.6 Å². The van der Waals surface area contributed by atoms with E-state index < -0.39 is 0 Å². The standard InChI is InChI=1S/C16H20ClN3/c1-11-15(10-19-20(11)2)14-6-7-18-9-16(14)12-4-3-5-13(17)8-12/h3-5,8,10,14,16,18H,6-7,9H2,1-2H3. The lowest BCUT2D eigenvalue weighted by Gasteiger charge is -2.32. The van der Waals surface area contributed by atoms with Gasteiger partial charge in [0.1, 0.15) is 0 Å². The van der Waals surface area contributed by atoms with Gasteiger partial charge in [-0.3, -0.25) is 4.68 Å². The predicted octanol–water partition coefficient (Wildman–Crippen LogP) is 3.24. The Morgan fingerprint density at radius 3 is 2.90 bits per heavy atom. The summed E-state index contributed by atoms with van der Waals surface area (Å²) in [5.74, 6) is 0.980. The summed E-state index contributed by atoms with van der Waals surface area (Å²) in [6.45, 7) is 4.22. The van der Waals surface area contributed by atoms with Crippen LogP contribution in [0.5, 0.6) is 0 Å². The number of halogens is 1. The summed E-state index contributed by atoms with van der Waals surface area (Å²) in [6, 6.07) is 8.26. The van der Waals surface area contributed by atoms with E-state index >= 15 is 0 Å². The second-order valence-corrected chi connectivity index (χ2v) is 6.01.